The van der Waals surface area contributed by atoms with Gasteiger partial charge in [0.2, 0.25) is 11.8 Å². The van der Waals surface area contributed by atoms with Crippen molar-refractivity contribution in [1.82, 2.24) is 4.98 Å². The summed E-state index contributed by atoms with van der Waals surface area (Å²) in [5.74, 6) is 1.19. The number of thiazole rings is 1. The number of rotatable bonds is 6. The second kappa shape index (κ2) is 10.1. The van der Waals surface area contributed by atoms with Crippen LogP contribution in [0.2, 0.25) is 0 Å². The number of hydrogen-bond donors (Lipinski definition) is 2. The first kappa shape index (κ1) is 22.2. The highest BCUT2D eigenvalue weighted by molar-refractivity contribution is 7.16. The predicted molar refractivity (Wildman–Crippen MR) is 124 cm³/mol. The molecule has 2 aliphatic heterocycles. The average molecular weight is 455 g/mol. The van der Waals surface area contributed by atoms with Crippen molar-refractivity contribution in [3.05, 3.63) is 45.3 Å². The number of hydrogen-bond acceptors (Lipinski definition) is 7. The zero-order chi connectivity index (χ0) is 22.5. The molecule has 1 amide bonds. The number of carbonyl (C=O) groups excluding carboxylic acids is 1. The number of aromatic nitrogens is 1. The quantitative estimate of drug-likeness (QED) is 0.695. The Morgan fingerprint density at radius 3 is 2.97 bits per heavy atom. The van der Waals surface area contributed by atoms with E-state index >= 15 is 0 Å². The molecular formula is C23H26N4O4S. The van der Waals surface area contributed by atoms with Crippen LogP contribution in [-0.2, 0) is 14.3 Å². The number of fused-ring (bicyclic) bond motifs is 1. The summed E-state index contributed by atoms with van der Waals surface area (Å²) in [5, 5.41) is 15.9. The van der Waals surface area contributed by atoms with Gasteiger partial charge in [-0.15, -0.1) is 0 Å². The summed E-state index contributed by atoms with van der Waals surface area (Å²) in [7, 11) is 0. The third-order valence-corrected chi connectivity index (χ3v) is 6.12. The lowest BCUT2D eigenvalue weighted by Gasteiger charge is -2.21. The predicted octanol–water partition coefficient (Wildman–Crippen LogP) is 2.47. The number of aromatic hydroxyl groups is 1. The standard InChI is InChI=1S/C23H26N4O4S/c1-3-31-19-12-21(25-14(2)28)26-18-5-4-16(10-17(18)19)11-20-22(29)27-23(32-20)24-13-15-6-8-30-9-7-15/h4-5,10-12,15,29H,3,6-9,13H2,1-2H3,(H,24,27)/b16-11+,25-21?. The second-order valence-electron chi connectivity index (χ2n) is 7.61. The molecule has 1 fully saturated rings. The molecule has 2 N–H and O–H groups in total. The van der Waals surface area contributed by atoms with E-state index in [2.05, 4.69) is 20.3 Å². The minimum Gasteiger partial charge on any atom is -0.493 e. The molecule has 9 heteroatoms. The molecule has 0 saturated carbocycles. The SMILES string of the molecule is CCOC1=CC(=NC(C)=O)N=c2cc/c(=C\c3sc(NCC4CCOCC4)nc3O)cc21. The van der Waals surface area contributed by atoms with E-state index in [9.17, 15) is 9.90 Å². The molecule has 0 unspecified atom stereocenters. The maximum atomic E-state index is 11.4. The first-order chi connectivity index (χ1) is 15.5. The lowest BCUT2D eigenvalue weighted by molar-refractivity contribution is -0.115. The molecule has 0 bridgehead atoms. The Bertz CT molecular complexity index is 1180. The third-order valence-electron chi connectivity index (χ3n) is 5.17. The first-order valence-electron chi connectivity index (χ1n) is 10.7. The van der Waals surface area contributed by atoms with Crippen LogP contribution in [-0.4, -0.2) is 48.2 Å². The topological polar surface area (TPSA) is 105 Å². The second-order valence-corrected chi connectivity index (χ2v) is 8.64. The smallest absolute Gasteiger partial charge is 0.244 e. The van der Waals surface area contributed by atoms with Crippen LogP contribution < -0.4 is 15.9 Å². The Hall–Kier alpha value is -3.04. The van der Waals surface area contributed by atoms with Gasteiger partial charge < -0.3 is 19.9 Å². The van der Waals surface area contributed by atoms with Crippen LogP contribution in [0.5, 0.6) is 5.88 Å². The molecule has 4 rings (SSSR count). The van der Waals surface area contributed by atoms with Crippen molar-refractivity contribution in [3.63, 3.8) is 0 Å². The highest BCUT2D eigenvalue weighted by atomic mass is 32.1. The van der Waals surface area contributed by atoms with E-state index in [4.69, 9.17) is 9.47 Å². The van der Waals surface area contributed by atoms with Crippen LogP contribution in [0, 0.1) is 5.92 Å². The molecule has 32 heavy (non-hydrogen) atoms. The number of anilines is 1. The summed E-state index contributed by atoms with van der Waals surface area (Å²) in [6.07, 6.45) is 5.63. The fourth-order valence-electron chi connectivity index (χ4n) is 3.61. The van der Waals surface area contributed by atoms with Gasteiger partial charge in [-0.1, -0.05) is 17.4 Å². The molecule has 1 saturated heterocycles. The number of benzene rings is 1. The summed E-state index contributed by atoms with van der Waals surface area (Å²) in [5.41, 5.74) is 0.810. The molecule has 1 aromatic carbocycles. The van der Waals surface area contributed by atoms with E-state index in [1.165, 1.54) is 18.3 Å². The first-order valence-corrected chi connectivity index (χ1v) is 11.5. The van der Waals surface area contributed by atoms with E-state index in [0.717, 1.165) is 43.4 Å². The van der Waals surface area contributed by atoms with Gasteiger partial charge in [0.1, 0.15) is 5.76 Å². The number of nitrogens with zero attached hydrogens (tertiary/aromatic N) is 3. The molecule has 0 aliphatic carbocycles. The van der Waals surface area contributed by atoms with Gasteiger partial charge >= 0.3 is 0 Å². The average Bonchev–Trinajstić information content (AvgIpc) is 3.12. The van der Waals surface area contributed by atoms with Crippen molar-refractivity contribution in [2.75, 3.05) is 31.7 Å². The minimum atomic E-state index is -0.314. The fraction of sp³-hybridized carbons (Fsp3) is 0.391. The van der Waals surface area contributed by atoms with Gasteiger partial charge in [-0.2, -0.15) is 9.98 Å². The lowest BCUT2D eigenvalue weighted by atomic mass is 10.0. The number of carbonyl (C=O) groups is 1. The number of amides is 1. The van der Waals surface area contributed by atoms with Gasteiger partial charge in [0.25, 0.3) is 0 Å². The fourth-order valence-corrected chi connectivity index (χ4v) is 4.44. The number of nitrogens with one attached hydrogen (secondary N) is 1. The third kappa shape index (κ3) is 5.41. The van der Waals surface area contributed by atoms with Crippen molar-refractivity contribution >= 4 is 40.0 Å². The molecule has 0 atom stereocenters. The van der Waals surface area contributed by atoms with Crippen molar-refractivity contribution in [2.24, 2.45) is 15.9 Å². The van der Waals surface area contributed by atoms with E-state index < -0.39 is 0 Å². The van der Waals surface area contributed by atoms with Gasteiger partial charge in [0, 0.05) is 38.3 Å². The van der Waals surface area contributed by atoms with Gasteiger partial charge in [0.05, 0.1) is 16.8 Å². The Morgan fingerprint density at radius 1 is 1.41 bits per heavy atom. The largest absolute Gasteiger partial charge is 0.493 e. The zero-order valence-electron chi connectivity index (χ0n) is 18.1. The van der Waals surface area contributed by atoms with Gasteiger partial charge in [0.15, 0.2) is 11.0 Å². The highest BCUT2D eigenvalue weighted by Crippen LogP contribution is 2.29. The molecule has 168 valence electrons. The summed E-state index contributed by atoms with van der Waals surface area (Å²) < 4.78 is 11.2. The molecule has 8 nitrogen and oxygen atoms in total. The zero-order valence-corrected chi connectivity index (χ0v) is 18.9. The maximum Gasteiger partial charge on any atom is 0.244 e. The minimum absolute atomic E-state index is 0.00309. The molecular weight excluding hydrogens is 428 g/mol. The van der Waals surface area contributed by atoms with E-state index in [0.29, 0.717) is 39.5 Å². The summed E-state index contributed by atoms with van der Waals surface area (Å²) in [4.78, 5) is 24.6. The van der Waals surface area contributed by atoms with Crippen LogP contribution >= 0.6 is 11.3 Å². The normalized spacial score (nSPS) is 18.1. The van der Waals surface area contributed by atoms with Crippen LogP contribution in [0.4, 0.5) is 5.13 Å². The Balaban J connectivity index is 1.59. The highest BCUT2D eigenvalue weighted by Gasteiger charge is 2.16. The lowest BCUT2D eigenvalue weighted by Crippen LogP contribution is -2.22. The molecule has 1 aromatic heterocycles. The molecule has 2 aliphatic rings. The van der Waals surface area contributed by atoms with E-state index in [1.54, 1.807) is 6.08 Å². The molecule has 0 spiro atoms. The molecule has 3 heterocycles. The molecule has 2 aromatic rings. The van der Waals surface area contributed by atoms with Crippen molar-refractivity contribution in [2.45, 2.75) is 26.7 Å². The summed E-state index contributed by atoms with van der Waals surface area (Å²) in [6.45, 7) is 6.19. The number of ether oxygens (including phenoxy) is 2. The van der Waals surface area contributed by atoms with Crippen LogP contribution in [0.1, 0.15) is 37.1 Å². The molecule has 0 radical (unpaired) electrons. The van der Waals surface area contributed by atoms with Crippen molar-refractivity contribution in [3.8, 4) is 5.88 Å². The van der Waals surface area contributed by atoms with Gasteiger partial charge in [-0.25, -0.2) is 4.99 Å². The van der Waals surface area contributed by atoms with Gasteiger partial charge in [-0.3, -0.25) is 4.79 Å². The summed E-state index contributed by atoms with van der Waals surface area (Å²) >= 11 is 1.41. The Kier molecular flexibility index (Phi) is 6.96. The Labute approximate surface area is 190 Å². The van der Waals surface area contributed by atoms with Crippen molar-refractivity contribution < 1.29 is 19.4 Å². The van der Waals surface area contributed by atoms with Crippen LogP contribution in [0.25, 0.3) is 11.8 Å². The van der Waals surface area contributed by atoms with Crippen molar-refractivity contribution in [1.29, 1.82) is 0 Å². The summed E-state index contributed by atoms with van der Waals surface area (Å²) in [6, 6.07) is 5.70. The maximum absolute atomic E-state index is 11.4. The van der Waals surface area contributed by atoms with Crippen LogP contribution in [0.3, 0.4) is 0 Å². The van der Waals surface area contributed by atoms with E-state index in [-0.39, 0.29) is 11.8 Å². The Morgan fingerprint density at radius 2 is 2.22 bits per heavy atom. The van der Waals surface area contributed by atoms with E-state index in [1.807, 2.05) is 31.2 Å². The number of amidine groups is 1. The number of aliphatic imine (C=N–C) groups is 1. The monoisotopic (exact) mass is 454 g/mol. The van der Waals surface area contributed by atoms with Gasteiger partial charge in [-0.05, 0) is 49.1 Å². The van der Waals surface area contributed by atoms with Crippen LogP contribution in [0.15, 0.2) is 34.3 Å².